The largest absolute Gasteiger partial charge is 0.495 e. The van der Waals surface area contributed by atoms with Crippen LogP contribution < -0.4 is 10.1 Å². The van der Waals surface area contributed by atoms with Gasteiger partial charge in [-0.15, -0.1) is 5.10 Å². The van der Waals surface area contributed by atoms with Gasteiger partial charge in [0.05, 0.1) is 24.2 Å². The van der Waals surface area contributed by atoms with Crippen molar-refractivity contribution in [1.82, 2.24) is 25.0 Å². The molecule has 4 rings (SSSR count). The van der Waals surface area contributed by atoms with E-state index in [0.29, 0.717) is 27.6 Å². The highest BCUT2D eigenvalue weighted by Crippen LogP contribution is 2.26. The molecule has 0 aliphatic rings. The topological polar surface area (TPSA) is 94.8 Å². The number of carbonyl (C=O) groups is 1. The van der Waals surface area contributed by atoms with Crippen LogP contribution in [0.4, 0.5) is 5.69 Å². The Labute approximate surface area is 171 Å². The van der Waals surface area contributed by atoms with Crippen LogP contribution in [-0.2, 0) is 4.79 Å². The Morgan fingerprint density at radius 1 is 1.14 bits per heavy atom. The van der Waals surface area contributed by atoms with Crippen LogP contribution in [0.5, 0.6) is 5.75 Å². The van der Waals surface area contributed by atoms with Crippen molar-refractivity contribution in [2.45, 2.75) is 11.9 Å². The van der Waals surface area contributed by atoms with Crippen LogP contribution in [0.15, 0.2) is 59.9 Å². The molecule has 0 unspecified atom stereocenters. The summed E-state index contributed by atoms with van der Waals surface area (Å²) in [5.41, 5.74) is 3.80. The number of ether oxygens (including phenoxy) is 1. The third-order valence-corrected chi connectivity index (χ3v) is 5.18. The van der Waals surface area contributed by atoms with Gasteiger partial charge in [-0.25, -0.2) is 9.97 Å². The van der Waals surface area contributed by atoms with Crippen LogP contribution in [0.25, 0.3) is 16.9 Å². The van der Waals surface area contributed by atoms with Gasteiger partial charge >= 0.3 is 0 Å². The summed E-state index contributed by atoms with van der Waals surface area (Å²) in [5, 5.41) is 11.9. The van der Waals surface area contributed by atoms with Crippen molar-refractivity contribution in [3.63, 3.8) is 0 Å². The van der Waals surface area contributed by atoms with E-state index in [0.717, 1.165) is 11.3 Å². The van der Waals surface area contributed by atoms with Gasteiger partial charge in [-0.1, -0.05) is 46.8 Å². The second kappa shape index (κ2) is 8.27. The summed E-state index contributed by atoms with van der Waals surface area (Å²) in [7, 11) is 1.56. The van der Waals surface area contributed by atoms with Crippen molar-refractivity contribution in [2.24, 2.45) is 0 Å². The summed E-state index contributed by atoms with van der Waals surface area (Å²) in [6.07, 6.45) is 1.46. The Balaban J connectivity index is 1.51. The SMILES string of the molecule is COc1ccccc1NC(=O)CSc1ncnc2c1nnn2-c1ccc(C)cc1. The van der Waals surface area contributed by atoms with E-state index < -0.39 is 0 Å². The zero-order valence-electron chi connectivity index (χ0n) is 15.9. The first-order valence-corrected chi connectivity index (χ1v) is 9.83. The average Bonchev–Trinajstić information content (AvgIpc) is 3.18. The number of hydrogen-bond acceptors (Lipinski definition) is 7. The molecule has 0 saturated carbocycles. The van der Waals surface area contributed by atoms with E-state index in [1.165, 1.54) is 18.1 Å². The summed E-state index contributed by atoms with van der Waals surface area (Å²) in [5.74, 6) is 0.607. The maximum absolute atomic E-state index is 12.4. The lowest BCUT2D eigenvalue weighted by molar-refractivity contribution is -0.113. The molecule has 0 atom stereocenters. The van der Waals surface area contributed by atoms with Gasteiger partial charge in [0.1, 0.15) is 17.1 Å². The third kappa shape index (κ3) is 4.04. The summed E-state index contributed by atoms with van der Waals surface area (Å²) in [6.45, 7) is 2.02. The Kier molecular flexibility index (Phi) is 5.39. The van der Waals surface area contributed by atoms with Gasteiger partial charge in [0.15, 0.2) is 11.2 Å². The molecular weight excluding hydrogens is 388 g/mol. The molecule has 0 saturated heterocycles. The van der Waals surface area contributed by atoms with E-state index in [1.807, 2.05) is 43.3 Å². The minimum absolute atomic E-state index is 0.168. The van der Waals surface area contributed by atoms with Gasteiger partial charge < -0.3 is 10.1 Å². The average molecular weight is 406 g/mol. The van der Waals surface area contributed by atoms with E-state index in [4.69, 9.17) is 4.74 Å². The number of anilines is 1. The second-order valence-corrected chi connectivity index (χ2v) is 7.19. The molecule has 4 aromatic rings. The molecule has 0 aliphatic heterocycles. The summed E-state index contributed by atoms with van der Waals surface area (Å²) in [6, 6.07) is 15.2. The lowest BCUT2D eigenvalue weighted by atomic mass is 10.2. The number of carbonyl (C=O) groups excluding carboxylic acids is 1. The van der Waals surface area contributed by atoms with Crippen LogP contribution in [0.3, 0.4) is 0 Å². The van der Waals surface area contributed by atoms with Crippen molar-refractivity contribution < 1.29 is 9.53 Å². The molecule has 0 fully saturated rings. The molecule has 2 aromatic carbocycles. The van der Waals surface area contributed by atoms with E-state index >= 15 is 0 Å². The highest BCUT2D eigenvalue weighted by molar-refractivity contribution is 8.00. The number of para-hydroxylation sites is 2. The highest BCUT2D eigenvalue weighted by atomic mass is 32.2. The second-order valence-electron chi connectivity index (χ2n) is 6.22. The molecule has 1 amide bonds. The maximum atomic E-state index is 12.4. The molecule has 0 spiro atoms. The molecule has 1 N–H and O–H groups in total. The number of aromatic nitrogens is 5. The first-order valence-electron chi connectivity index (χ1n) is 8.85. The molecule has 0 radical (unpaired) electrons. The first kappa shape index (κ1) is 18.9. The molecule has 0 bridgehead atoms. The summed E-state index contributed by atoms with van der Waals surface area (Å²) in [4.78, 5) is 21.0. The highest BCUT2D eigenvalue weighted by Gasteiger charge is 2.15. The molecule has 2 aromatic heterocycles. The van der Waals surface area contributed by atoms with E-state index in [9.17, 15) is 4.79 Å². The number of aryl methyl sites for hydroxylation is 1. The number of hydrogen-bond donors (Lipinski definition) is 1. The lowest BCUT2D eigenvalue weighted by Crippen LogP contribution is -2.14. The van der Waals surface area contributed by atoms with E-state index in [2.05, 4.69) is 25.6 Å². The number of methoxy groups -OCH3 is 1. The lowest BCUT2D eigenvalue weighted by Gasteiger charge is -2.09. The van der Waals surface area contributed by atoms with Crippen molar-refractivity contribution in [2.75, 3.05) is 18.2 Å². The molecule has 8 nitrogen and oxygen atoms in total. The Hall–Kier alpha value is -3.46. The van der Waals surface area contributed by atoms with E-state index in [1.54, 1.807) is 23.9 Å². The molecule has 2 heterocycles. The van der Waals surface area contributed by atoms with Crippen LogP contribution in [0, 0.1) is 6.92 Å². The summed E-state index contributed by atoms with van der Waals surface area (Å²) >= 11 is 1.28. The Morgan fingerprint density at radius 2 is 1.93 bits per heavy atom. The normalized spacial score (nSPS) is 10.8. The minimum Gasteiger partial charge on any atom is -0.495 e. The van der Waals surface area contributed by atoms with Gasteiger partial charge in [-0.05, 0) is 31.2 Å². The Bertz CT molecular complexity index is 1160. The molecule has 0 aliphatic carbocycles. The standard InChI is InChI=1S/C20H18N6O2S/c1-13-7-9-14(10-8-13)26-19-18(24-25-26)20(22-12-21-19)29-11-17(27)23-15-5-3-4-6-16(15)28-2/h3-10,12H,11H2,1-2H3,(H,23,27). The van der Waals surface area contributed by atoms with Crippen molar-refractivity contribution in [3.8, 4) is 11.4 Å². The maximum Gasteiger partial charge on any atom is 0.234 e. The fourth-order valence-electron chi connectivity index (χ4n) is 2.76. The van der Waals surface area contributed by atoms with Crippen LogP contribution >= 0.6 is 11.8 Å². The number of thioether (sulfide) groups is 1. The van der Waals surface area contributed by atoms with Gasteiger partial charge in [0, 0.05) is 0 Å². The third-order valence-electron chi connectivity index (χ3n) is 4.20. The van der Waals surface area contributed by atoms with Crippen LogP contribution in [0.2, 0.25) is 0 Å². The predicted octanol–water partition coefficient (Wildman–Crippen LogP) is 3.26. The number of nitrogens with one attached hydrogen (secondary N) is 1. The zero-order chi connectivity index (χ0) is 20.2. The van der Waals surface area contributed by atoms with Gasteiger partial charge in [0.2, 0.25) is 5.91 Å². The van der Waals surface area contributed by atoms with Crippen molar-refractivity contribution in [3.05, 3.63) is 60.4 Å². The fourth-order valence-corrected chi connectivity index (χ4v) is 3.49. The smallest absolute Gasteiger partial charge is 0.234 e. The van der Waals surface area contributed by atoms with Crippen LogP contribution in [0.1, 0.15) is 5.56 Å². The number of benzene rings is 2. The number of rotatable bonds is 6. The number of amides is 1. The Morgan fingerprint density at radius 3 is 2.72 bits per heavy atom. The molecular formula is C20H18N6O2S. The monoisotopic (exact) mass is 406 g/mol. The van der Waals surface area contributed by atoms with Crippen LogP contribution in [-0.4, -0.2) is 43.7 Å². The number of fused-ring (bicyclic) bond motifs is 1. The first-order chi connectivity index (χ1) is 14.2. The fraction of sp³-hybridized carbons (Fsp3) is 0.150. The summed E-state index contributed by atoms with van der Waals surface area (Å²) < 4.78 is 6.92. The van der Waals surface area contributed by atoms with Gasteiger partial charge in [0.25, 0.3) is 0 Å². The van der Waals surface area contributed by atoms with E-state index in [-0.39, 0.29) is 11.7 Å². The quantitative estimate of drug-likeness (QED) is 0.388. The van der Waals surface area contributed by atoms with Crippen molar-refractivity contribution in [1.29, 1.82) is 0 Å². The molecule has 9 heteroatoms. The van der Waals surface area contributed by atoms with Crippen molar-refractivity contribution >= 4 is 34.5 Å². The molecule has 146 valence electrons. The predicted molar refractivity (Wildman–Crippen MR) is 112 cm³/mol. The molecule has 29 heavy (non-hydrogen) atoms. The number of nitrogens with zero attached hydrogens (tertiary/aromatic N) is 5. The van der Waals surface area contributed by atoms with Gasteiger partial charge in [-0.3, -0.25) is 4.79 Å². The van der Waals surface area contributed by atoms with Gasteiger partial charge in [-0.2, -0.15) is 4.68 Å². The zero-order valence-corrected chi connectivity index (χ0v) is 16.7. The minimum atomic E-state index is -0.169.